The SMILES string of the molecule is CCC(CO)OC.CCC(CO)OC.CCC(CO)OC.CCC(CO)OC.[Ti]. The van der Waals surface area contributed by atoms with Crippen LogP contribution in [0, 0.1) is 0 Å². The van der Waals surface area contributed by atoms with E-state index in [0.717, 1.165) is 25.7 Å². The van der Waals surface area contributed by atoms with Gasteiger partial charge in [0.25, 0.3) is 0 Å². The van der Waals surface area contributed by atoms with Gasteiger partial charge in [-0.15, -0.1) is 0 Å². The van der Waals surface area contributed by atoms with E-state index in [4.69, 9.17) is 39.4 Å². The van der Waals surface area contributed by atoms with Crippen molar-refractivity contribution < 1.29 is 61.1 Å². The summed E-state index contributed by atoms with van der Waals surface area (Å²) >= 11 is 0. The molecule has 0 rings (SSSR count). The number of aliphatic hydroxyl groups is 4. The summed E-state index contributed by atoms with van der Waals surface area (Å²) in [6.45, 7) is 8.43. The average Bonchev–Trinajstić information content (AvgIpc) is 2.75. The molecule has 8 nitrogen and oxygen atoms in total. The van der Waals surface area contributed by atoms with Crippen molar-refractivity contribution in [1.82, 2.24) is 0 Å². The van der Waals surface area contributed by atoms with E-state index in [1.54, 1.807) is 28.4 Å². The van der Waals surface area contributed by atoms with Crippen molar-refractivity contribution >= 4 is 0 Å². The minimum absolute atomic E-state index is 0. The van der Waals surface area contributed by atoms with Gasteiger partial charge >= 0.3 is 0 Å². The Hall–Kier alpha value is 0.394. The van der Waals surface area contributed by atoms with E-state index in [9.17, 15) is 0 Å². The van der Waals surface area contributed by atoms with Crippen LogP contribution < -0.4 is 0 Å². The van der Waals surface area contributed by atoms with Gasteiger partial charge in [-0.1, -0.05) is 27.7 Å². The Morgan fingerprint density at radius 1 is 0.448 bits per heavy atom. The maximum Gasteiger partial charge on any atom is 0.0799 e. The molecule has 29 heavy (non-hydrogen) atoms. The number of ether oxygens (including phenoxy) is 4. The Balaban J connectivity index is -0.0000000873. The molecule has 9 heteroatoms. The van der Waals surface area contributed by atoms with E-state index in [-0.39, 0.29) is 72.6 Å². The van der Waals surface area contributed by atoms with Gasteiger partial charge in [0.05, 0.1) is 50.8 Å². The first-order chi connectivity index (χ1) is 13.4. The van der Waals surface area contributed by atoms with Gasteiger partial charge in [0.1, 0.15) is 0 Å². The molecule has 0 fully saturated rings. The molecule has 0 aromatic heterocycles. The molecule has 4 atom stereocenters. The Labute approximate surface area is 193 Å². The van der Waals surface area contributed by atoms with E-state index >= 15 is 0 Å². The first-order valence-corrected chi connectivity index (χ1v) is 9.94. The molecule has 0 aliphatic carbocycles. The molecule has 0 aromatic rings. The smallest absolute Gasteiger partial charge is 0.0799 e. The van der Waals surface area contributed by atoms with Crippen LogP contribution in [0.25, 0.3) is 0 Å². The van der Waals surface area contributed by atoms with Crippen LogP contribution in [0.1, 0.15) is 53.4 Å². The van der Waals surface area contributed by atoms with E-state index in [2.05, 4.69) is 0 Å². The fourth-order valence-corrected chi connectivity index (χ4v) is 1.48. The van der Waals surface area contributed by atoms with Gasteiger partial charge in [0.2, 0.25) is 0 Å². The second kappa shape index (κ2) is 35.8. The summed E-state index contributed by atoms with van der Waals surface area (Å²) in [5, 5.41) is 33.6. The molecule has 4 N–H and O–H groups in total. The number of hydrogen-bond acceptors (Lipinski definition) is 8. The Morgan fingerprint density at radius 3 is 0.586 bits per heavy atom. The molecule has 0 saturated carbocycles. The third-order valence-electron chi connectivity index (χ3n) is 3.97. The van der Waals surface area contributed by atoms with E-state index in [1.807, 2.05) is 27.7 Å². The van der Waals surface area contributed by atoms with Crippen LogP contribution in [-0.4, -0.2) is 99.7 Å². The molecule has 4 unspecified atom stereocenters. The first-order valence-electron chi connectivity index (χ1n) is 9.94. The molecule has 0 amide bonds. The molecule has 0 saturated heterocycles. The van der Waals surface area contributed by atoms with Crippen LogP contribution >= 0.6 is 0 Å². The first kappa shape index (κ1) is 39.8. The van der Waals surface area contributed by atoms with Crippen molar-refractivity contribution in [3.05, 3.63) is 0 Å². The summed E-state index contributed by atoms with van der Waals surface area (Å²) in [5.41, 5.74) is 0. The van der Waals surface area contributed by atoms with Crippen molar-refractivity contribution in [2.45, 2.75) is 77.8 Å². The topological polar surface area (TPSA) is 118 Å². The number of methoxy groups -OCH3 is 4. The van der Waals surface area contributed by atoms with Gasteiger partial charge in [-0.2, -0.15) is 0 Å². The van der Waals surface area contributed by atoms with Crippen LogP contribution in [-0.2, 0) is 40.7 Å². The van der Waals surface area contributed by atoms with Gasteiger partial charge in [-0.05, 0) is 25.7 Å². The molecule has 0 aliphatic heterocycles. The molecule has 180 valence electrons. The third kappa shape index (κ3) is 33.2. The zero-order valence-corrected chi connectivity index (χ0v) is 21.4. The molecular formula is C20H48O8Ti. The Bertz CT molecular complexity index is 164. The number of aliphatic hydroxyl groups excluding tert-OH is 4. The summed E-state index contributed by atoms with van der Waals surface area (Å²) in [4.78, 5) is 0. The van der Waals surface area contributed by atoms with Crippen molar-refractivity contribution in [2.75, 3.05) is 54.9 Å². The standard InChI is InChI=1S/4C5H12O2.Ti/c4*1-3-5(4-6)7-2;/h4*5-6H,3-4H2,1-2H3;. The second-order valence-corrected chi connectivity index (χ2v) is 5.79. The largest absolute Gasteiger partial charge is 0.394 e. The van der Waals surface area contributed by atoms with Gasteiger partial charge in [0.15, 0.2) is 0 Å². The monoisotopic (exact) mass is 464 g/mol. The summed E-state index contributed by atoms with van der Waals surface area (Å²) in [5.74, 6) is 0. The summed E-state index contributed by atoms with van der Waals surface area (Å²) in [7, 11) is 6.41. The predicted molar refractivity (Wildman–Crippen MR) is 113 cm³/mol. The van der Waals surface area contributed by atoms with Crippen LogP contribution in [0.5, 0.6) is 0 Å². The van der Waals surface area contributed by atoms with Crippen LogP contribution in [0.4, 0.5) is 0 Å². The van der Waals surface area contributed by atoms with Gasteiger partial charge < -0.3 is 39.4 Å². The quantitative estimate of drug-likeness (QED) is 0.322. The zero-order chi connectivity index (χ0) is 22.8. The maximum absolute atomic E-state index is 8.40. The van der Waals surface area contributed by atoms with Crippen LogP contribution in [0.2, 0.25) is 0 Å². The minimum atomic E-state index is 0. The summed E-state index contributed by atoms with van der Waals surface area (Å²) in [6, 6.07) is 0. The number of rotatable bonds is 12. The van der Waals surface area contributed by atoms with Gasteiger partial charge in [-0.25, -0.2) is 0 Å². The van der Waals surface area contributed by atoms with Crippen molar-refractivity contribution in [3.63, 3.8) is 0 Å². The average molecular weight is 464 g/mol. The normalized spacial score (nSPS) is 13.7. The van der Waals surface area contributed by atoms with Crippen molar-refractivity contribution in [2.24, 2.45) is 0 Å². The van der Waals surface area contributed by atoms with E-state index in [0.29, 0.717) is 0 Å². The Morgan fingerprint density at radius 2 is 0.586 bits per heavy atom. The van der Waals surface area contributed by atoms with Crippen molar-refractivity contribution in [3.8, 4) is 0 Å². The molecule has 0 aromatic carbocycles. The third-order valence-corrected chi connectivity index (χ3v) is 3.97. The van der Waals surface area contributed by atoms with Crippen LogP contribution in [0.3, 0.4) is 0 Å². The fraction of sp³-hybridized carbons (Fsp3) is 1.00. The second-order valence-electron chi connectivity index (χ2n) is 5.79. The summed E-state index contributed by atoms with van der Waals surface area (Å²) in [6.07, 6.45) is 3.69. The van der Waals surface area contributed by atoms with Gasteiger partial charge in [0, 0.05) is 50.2 Å². The van der Waals surface area contributed by atoms with Crippen LogP contribution in [0.15, 0.2) is 0 Å². The Kier molecular flexibility index (Phi) is 49.2. The molecule has 0 bridgehead atoms. The summed E-state index contributed by atoms with van der Waals surface area (Å²) < 4.78 is 19.2. The predicted octanol–water partition coefficient (Wildman–Crippen LogP) is 1.61. The van der Waals surface area contributed by atoms with Crippen molar-refractivity contribution in [1.29, 1.82) is 0 Å². The fourth-order valence-electron chi connectivity index (χ4n) is 1.48. The van der Waals surface area contributed by atoms with Gasteiger partial charge in [-0.3, -0.25) is 0 Å². The molecule has 0 heterocycles. The molecule has 0 aliphatic rings. The molecule has 0 spiro atoms. The maximum atomic E-state index is 8.40. The minimum Gasteiger partial charge on any atom is -0.394 e. The van der Waals surface area contributed by atoms with E-state index < -0.39 is 0 Å². The van der Waals surface area contributed by atoms with E-state index in [1.165, 1.54) is 0 Å². The number of hydrogen-bond donors (Lipinski definition) is 4. The molecule has 0 radical (unpaired) electrons. The molecular weight excluding hydrogens is 416 g/mol. The zero-order valence-electron chi connectivity index (χ0n) is 19.9.